The largest absolute Gasteiger partial charge is 0.469 e. The van der Waals surface area contributed by atoms with Gasteiger partial charge in [0.2, 0.25) is 0 Å². The quantitative estimate of drug-likeness (QED) is 0.288. The van der Waals surface area contributed by atoms with Crippen molar-refractivity contribution in [2.24, 2.45) is 5.92 Å². The van der Waals surface area contributed by atoms with Crippen LogP contribution in [0.25, 0.3) is 20.9 Å². The fourth-order valence-electron chi connectivity index (χ4n) is 4.58. The molecule has 0 bridgehead atoms. The summed E-state index contributed by atoms with van der Waals surface area (Å²) in [5, 5.41) is 3.90. The lowest BCUT2D eigenvalue weighted by molar-refractivity contribution is -0.148. The molecular formula is C27H22FN3O2S. The van der Waals surface area contributed by atoms with Gasteiger partial charge in [-0.05, 0) is 48.7 Å². The number of anilines is 1. The summed E-state index contributed by atoms with van der Waals surface area (Å²) in [6.45, 7) is 0. The van der Waals surface area contributed by atoms with E-state index in [4.69, 9.17) is 9.72 Å². The molecule has 0 unspecified atom stereocenters. The lowest BCUT2D eigenvalue weighted by Crippen LogP contribution is -2.40. The Balaban J connectivity index is 1.22. The number of hydrogen-bond donors (Lipinski definition) is 1. The Hall–Kier alpha value is -3.58. The minimum absolute atomic E-state index is 0.0707. The fourth-order valence-corrected chi connectivity index (χ4v) is 5.54. The summed E-state index contributed by atoms with van der Waals surface area (Å²) in [7, 11) is 1.40. The third-order valence-electron chi connectivity index (χ3n) is 6.67. The first-order valence-corrected chi connectivity index (χ1v) is 12.1. The van der Waals surface area contributed by atoms with Gasteiger partial charge in [-0.15, -0.1) is 0 Å². The molecule has 2 aliphatic carbocycles. The van der Waals surface area contributed by atoms with Gasteiger partial charge in [0, 0.05) is 17.3 Å². The van der Waals surface area contributed by atoms with E-state index in [2.05, 4.69) is 34.6 Å². The van der Waals surface area contributed by atoms with Crippen LogP contribution in [0.2, 0.25) is 0 Å². The second kappa shape index (κ2) is 8.02. The van der Waals surface area contributed by atoms with Crippen molar-refractivity contribution in [3.05, 3.63) is 89.9 Å². The van der Waals surface area contributed by atoms with E-state index in [-0.39, 0.29) is 29.2 Å². The topological polar surface area (TPSA) is 64.1 Å². The average molecular weight is 472 g/mol. The van der Waals surface area contributed by atoms with Gasteiger partial charge in [0.15, 0.2) is 0 Å². The van der Waals surface area contributed by atoms with E-state index in [1.54, 1.807) is 6.07 Å². The maximum atomic E-state index is 15.0. The molecule has 0 aliphatic heterocycles. The van der Waals surface area contributed by atoms with E-state index in [9.17, 15) is 4.79 Å². The third-order valence-corrected chi connectivity index (χ3v) is 7.67. The molecule has 1 saturated carbocycles. The Labute approximate surface area is 200 Å². The maximum absolute atomic E-state index is 15.0. The number of aromatic nitrogens is 2. The number of methoxy groups -OCH3 is 1. The Kier molecular flexibility index (Phi) is 4.95. The molecule has 1 N–H and O–H groups in total. The molecule has 0 atom stereocenters. The SMILES string of the molecule is COC(=O)C1CC(Nc2ccc(-c3nc4ccc(C5(c6ccccc6)C=C5)nc4s3)c(F)c2)C1. The zero-order valence-corrected chi connectivity index (χ0v) is 19.3. The first-order valence-electron chi connectivity index (χ1n) is 11.2. The molecule has 34 heavy (non-hydrogen) atoms. The zero-order chi connectivity index (χ0) is 23.3. The molecule has 2 aromatic heterocycles. The van der Waals surface area contributed by atoms with Gasteiger partial charge in [-0.3, -0.25) is 4.79 Å². The summed E-state index contributed by atoms with van der Waals surface area (Å²) in [5.74, 6) is -0.587. The van der Waals surface area contributed by atoms with Crippen molar-refractivity contribution in [1.82, 2.24) is 9.97 Å². The number of nitrogens with zero attached hydrogens (tertiary/aromatic N) is 2. The molecule has 6 rings (SSSR count). The normalized spacial score (nSPS) is 20.1. The van der Waals surface area contributed by atoms with Crippen molar-refractivity contribution < 1.29 is 13.9 Å². The highest BCUT2D eigenvalue weighted by molar-refractivity contribution is 7.21. The summed E-state index contributed by atoms with van der Waals surface area (Å²) in [6, 6.07) is 19.5. The van der Waals surface area contributed by atoms with E-state index in [0.717, 1.165) is 16.0 Å². The van der Waals surface area contributed by atoms with Gasteiger partial charge in [0.05, 0.1) is 24.1 Å². The van der Waals surface area contributed by atoms with Crippen molar-refractivity contribution in [2.75, 3.05) is 12.4 Å². The van der Waals surface area contributed by atoms with Crippen LogP contribution in [-0.4, -0.2) is 29.1 Å². The minimum Gasteiger partial charge on any atom is -0.469 e. The predicted octanol–water partition coefficient (Wildman–Crippen LogP) is 5.72. The summed E-state index contributed by atoms with van der Waals surface area (Å²) in [4.78, 5) is 21.9. The van der Waals surface area contributed by atoms with Crippen LogP contribution in [0.15, 0.2) is 72.8 Å². The molecule has 0 radical (unpaired) electrons. The highest BCUT2D eigenvalue weighted by Gasteiger charge is 2.39. The maximum Gasteiger partial charge on any atom is 0.308 e. The van der Waals surface area contributed by atoms with Crippen LogP contribution < -0.4 is 5.32 Å². The molecule has 2 heterocycles. The van der Waals surface area contributed by atoms with E-state index in [1.165, 1.54) is 30.1 Å². The van der Waals surface area contributed by atoms with E-state index < -0.39 is 0 Å². The highest BCUT2D eigenvalue weighted by Crippen LogP contribution is 2.45. The highest BCUT2D eigenvalue weighted by atomic mass is 32.1. The summed E-state index contributed by atoms with van der Waals surface area (Å²) >= 11 is 1.40. The number of carbonyl (C=O) groups is 1. The van der Waals surface area contributed by atoms with Crippen LogP contribution in [0.4, 0.5) is 10.1 Å². The number of nitrogens with one attached hydrogen (secondary N) is 1. The first-order chi connectivity index (χ1) is 16.6. The molecule has 0 amide bonds. The number of halogens is 1. The van der Waals surface area contributed by atoms with Crippen LogP contribution in [-0.2, 0) is 14.9 Å². The van der Waals surface area contributed by atoms with Gasteiger partial charge in [-0.2, -0.15) is 0 Å². The molecule has 170 valence electrons. The number of carbonyl (C=O) groups excluding carboxylic acids is 1. The Morgan fingerprint density at radius 1 is 1.09 bits per heavy atom. The van der Waals surface area contributed by atoms with Gasteiger partial charge in [0.25, 0.3) is 0 Å². The molecule has 0 spiro atoms. The number of esters is 1. The zero-order valence-electron chi connectivity index (χ0n) is 18.5. The van der Waals surface area contributed by atoms with Crippen molar-refractivity contribution in [1.29, 1.82) is 0 Å². The Bertz CT molecular complexity index is 1420. The van der Waals surface area contributed by atoms with E-state index in [0.29, 0.717) is 29.1 Å². The average Bonchev–Trinajstić information content (AvgIpc) is 3.54. The summed E-state index contributed by atoms with van der Waals surface area (Å²) < 4.78 is 19.8. The number of hydrogen-bond acceptors (Lipinski definition) is 6. The van der Waals surface area contributed by atoms with Crippen LogP contribution in [0.3, 0.4) is 0 Å². The number of benzene rings is 2. The van der Waals surface area contributed by atoms with Crippen LogP contribution in [0.5, 0.6) is 0 Å². The molecular weight excluding hydrogens is 449 g/mol. The third kappa shape index (κ3) is 3.56. The number of fused-ring (bicyclic) bond motifs is 1. The monoisotopic (exact) mass is 471 g/mol. The van der Waals surface area contributed by atoms with Gasteiger partial charge in [-0.1, -0.05) is 53.8 Å². The second-order valence-corrected chi connectivity index (χ2v) is 9.81. The van der Waals surface area contributed by atoms with Gasteiger partial charge >= 0.3 is 5.97 Å². The standard InChI is InChI=1S/C27H22FN3O2S/c1-33-26(32)16-13-19(14-16)29-18-7-8-20(21(28)15-18)24-30-22-9-10-23(31-25(22)34-24)27(11-12-27)17-5-3-2-4-6-17/h2-12,15-16,19,29H,13-14H2,1H3. The number of ether oxygens (including phenoxy) is 1. The Morgan fingerprint density at radius 3 is 2.59 bits per heavy atom. The first kappa shape index (κ1) is 21.0. The van der Waals surface area contributed by atoms with E-state index >= 15 is 4.39 Å². The molecule has 5 nitrogen and oxygen atoms in total. The summed E-state index contributed by atoms with van der Waals surface area (Å²) in [5.41, 5.74) is 3.79. The second-order valence-electron chi connectivity index (χ2n) is 8.84. The van der Waals surface area contributed by atoms with Gasteiger partial charge in [-0.25, -0.2) is 14.4 Å². The van der Waals surface area contributed by atoms with E-state index in [1.807, 2.05) is 36.4 Å². The minimum atomic E-state index is -0.335. The molecule has 2 aromatic carbocycles. The smallest absolute Gasteiger partial charge is 0.308 e. The Morgan fingerprint density at radius 2 is 1.88 bits per heavy atom. The molecule has 4 aromatic rings. The molecule has 0 saturated heterocycles. The molecule has 2 aliphatic rings. The lowest BCUT2D eigenvalue weighted by atomic mass is 9.80. The predicted molar refractivity (Wildman–Crippen MR) is 131 cm³/mol. The number of pyridine rings is 1. The number of rotatable bonds is 6. The van der Waals surface area contributed by atoms with Crippen molar-refractivity contribution in [2.45, 2.75) is 24.3 Å². The lowest BCUT2D eigenvalue weighted by Gasteiger charge is -2.34. The van der Waals surface area contributed by atoms with Gasteiger partial charge in [0.1, 0.15) is 21.2 Å². The van der Waals surface area contributed by atoms with Crippen molar-refractivity contribution in [3.63, 3.8) is 0 Å². The fraction of sp³-hybridized carbons (Fsp3) is 0.222. The van der Waals surface area contributed by atoms with Crippen LogP contribution >= 0.6 is 11.3 Å². The molecule has 1 fully saturated rings. The summed E-state index contributed by atoms with van der Waals surface area (Å²) in [6.07, 6.45) is 5.70. The van der Waals surface area contributed by atoms with Crippen LogP contribution in [0, 0.1) is 11.7 Å². The molecule has 7 heteroatoms. The van der Waals surface area contributed by atoms with Crippen molar-refractivity contribution in [3.8, 4) is 10.6 Å². The number of allylic oxidation sites excluding steroid dienone is 2. The van der Waals surface area contributed by atoms with Crippen molar-refractivity contribution >= 4 is 33.3 Å². The van der Waals surface area contributed by atoms with Gasteiger partial charge < -0.3 is 10.1 Å². The number of thiazole rings is 1. The van der Waals surface area contributed by atoms with Crippen LogP contribution in [0.1, 0.15) is 24.1 Å².